The lowest BCUT2D eigenvalue weighted by molar-refractivity contribution is 0.0936. The molecule has 3 aromatic rings. The third kappa shape index (κ3) is 4.26. The molecule has 158 valence electrons. The Bertz CT molecular complexity index is 1040. The SMILES string of the molecule is COc1ccc(C(=O)NC(C)c2sc(-c3ccc(C)cc3)nc2C)c(OC)c1OC. The van der Waals surface area contributed by atoms with Crippen molar-refractivity contribution >= 4 is 17.2 Å². The van der Waals surface area contributed by atoms with Crippen LogP contribution in [0.1, 0.15) is 39.5 Å². The van der Waals surface area contributed by atoms with E-state index in [0.717, 1.165) is 21.1 Å². The smallest absolute Gasteiger partial charge is 0.255 e. The van der Waals surface area contributed by atoms with Crippen molar-refractivity contribution in [2.75, 3.05) is 21.3 Å². The van der Waals surface area contributed by atoms with Crippen LogP contribution in [0, 0.1) is 13.8 Å². The minimum absolute atomic E-state index is 0.216. The highest BCUT2D eigenvalue weighted by molar-refractivity contribution is 7.15. The van der Waals surface area contributed by atoms with Crippen molar-refractivity contribution < 1.29 is 19.0 Å². The van der Waals surface area contributed by atoms with Crippen LogP contribution in [-0.4, -0.2) is 32.2 Å². The van der Waals surface area contributed by atoms with E-state index in [-0.39, 0.29) is 11.9 Å². The maximum atomic E-state index is 13.0. The summed E-state index contributed by atoms with van der Waals surface area (Å²) in [5.74, 6) is 0.962. The quantitative estimate of drug-likeness (QED) is 0.579. The van der Waals surface area contributed by atoms with Gasteiger partial charge in [0.15, 0.2) is 11.5 Å². The molecule has 0 saturated heterocycles. The van der Waals surface area contributed by atoms with Crippen molar-refractivity contribution in [3.63, 3.8) is 0 Å². The van der Waals surface area contributed by atoms with Crippen LogP contribution in [0.15, 0.2) is 36.4 Å². The van der Waals surface area contributed by atoms with Crippen LogP contribution in [0.5, 0.6) is 17.2 Å². The summed E-state index contributed by atoms with van der Waals surface area (Å²) in [6, 6.07) is 11.4. The zero-order chi connectivity index (χ0) is 21.8. The first-order valence-corrected chi connectivity index (χ1v) is 10.3. The first-order valence-electron chi connectivity index (χ1n) is 9.53. The maximum Gasteiger partial charge on any atom is 0.255 e. The lowest BCUT2D eigenvalue weighted by atomic mass is 10.1. The molecule has 2 aromatic carbocycles. The number of hydrogen-bond donors (Lipinski definition) is 1. The lowest BCUT2D eigenvalue weighted by Gasteiger charge is -2.17. The van der Waals surface area contributed by atoms with Crippen molar-refractivity contribution in [1.29, 1.82) is 0 Å². The van der Waals surface area contributed by atoms with Crippen LogP contribution in [0.25, 0.3) is 10.6 Å². The van der Waals surface area contributed by atoms with Crippen LogP contribution in [0.4, 0.5) is 0 Å². The van der Waals surface area contributed by atoms with Crippen molar-refractivity contribution in [3.05, 3.63) is 58.1 Å². The Morgan fingerprint density at radius 2 is 1.63 bits per heavy atom. The summed E-state index contributed by atoms with van der Waals surface area (Å²) < 4.78 is 16.1. The van der Waals surface area contributed by atoms with Gasteiger partial charge in [0.05, 0.1) is 43.5 Å². The summed E-state index contributed by atoms with van der Waals surface area (Å²) in [4.78, 5) is 18.7. The van der Waals surface area contributed by atoms with Gasteiger partial charge in [0.2, 0.25) is 5.75 Å². The van der Waals surface area contributed by atoms with Crippen LogP contribution >= 0.6 is 11.3 Å². The number of aromatic nitrogens is 1. The molecule has 0 saturated carbocycles. The first-order chi connectivity index (χ1) is 14.4. The third-order valence-corrected chi connectivity index (χ3v) is 6.21. The van der Waals surface area contributed by atoms with Gasteiger partial charge in [-0.05, 0) is 32.9 Å². The van der Waals surface area contributed by atoms with E-state index in [1.54, 1.807) is 23.5 Å². The molecule has 1 N–H and O–H groups in total. The fourth-order valence-corrected chi connectivity index (χ4v) is 4.32. The molecule has 1 atom stereocenters. The fourth-order valence-electron chi connectivity index (χ4n) is 3.25. The van der Waals surface area contributed by atoms with Gasteiger partial charge in [-0.2, -0.15) is 0 Å². The zero-order valence-electron chi connectivity index (χ0n) is 18.0. The van der Waals surface area contributed by atoms with E-state index in [1.165, 1.54) is 26.9 Å². The second-order valence-corrected chi connectivity index (χ2v) is 7.94. The molecule has 3 rings (SSSR count). The number of hydrogen-bond acceptors (Lipinski definition) is 6. The number of benzene rings is 2. The Labute approximate surface area is 180 Å². The normalized spacial score (nSPS) is 11.7. The second kappa shape index (κ2) is 9.17. The number of amides is 1. The fraction of sp³-hybridized carbons (Fsp3) is 0.304. The predicted molar refractivity (Wildman–Crippen MR) is 119 cm³/mol. The summed E-state index contributed by atoms with van der Waals surface area (Å²) in [5, 5.41) is 3.98. The van der Waals surface area contributed by atoms with Gasteiger partial charge in [-0.1, -0.05) is 29.8 Å². The Balaban J connectivity index is 1.85. The van der Waals surface area contributed by atoms with Crippen molar-refractivity contribution in [2.45, 2.75) is 26.8 Å². The van der Waals surface area contributed by atoms with Crippen molar-refractivity contribution in [3.8, 4) is 27.8 Å². The van der Waals surface area contributed by atoms with Crippen LogP contribution in [-0.2, 0) is 0 Å². The summed E-state index contributed by atoms with van der Waals surface area (Å²) in [6.07, 6.45) is 0. The molecular weight excluding hydrogens is 400 g/mol. The number of aryl methyl sites for hydroxylation is 2. The molecule has 30 heavy (non-hydrogen) atoms. The molecule has 1 heterocycles. The highest BCUT2D eigenvalue weighted by Crippen LogP contribution is 2.40. The number of carbonyl (C=O) groups is 1. The summed E-state index contributed by atoms with van der Waals surface area (Å²) in [5.41, 5.74) is 3.56. The molecule has 0 aliphatic rings. The number of nitrogens with zero attached hydrogens (tertiary/aromatic N) is 1. The minimum atomic E-state index is -0.259. The molecule has 7 heteroatoms. The van der Waals surface area contributed by atoms with Crippen molar-refractivity contribution in [1.82, 2.24) is 10.3 Å². The molecule has 0 aliphatic carbocycles. The van der Waals surface area contributed by atoms with E-state index in [0.29, 0.717) is 22.8 Å². The van der Waals surface area contributed by atoms with Crippen LogP contribution in [0.3, 0.4) is 0 Å². The maximum absolute atomic E-state index is 13.0. The van der Waals surface area contributed by atoms with Gasteiger partial charge in [-0.3, -0.25) is 4.79 Å². The highest BCUT2D eigenvalue weighted by atomic mass is 32.1. The monoisotopic (exact) mass is 426 g/mol. The van der Waals surface area contributed by atoms with E-state index < -0.39 is 0 Å². The van der Waals surface area contributed by atoms with Gasteiger partial charge in [0, 0.05) is 5.56 Å². The molecule has 6 nitrogen and oxygen atoms in total. The van der Waals surface area contributed by atoms with Crippen molar-refractivity contribution in [2.24, 2.45) is 0 Å². The first kappa shape index (κ1) is 21.6. The number of rotatable bonds is 7. The summed E-state index contributed by atoms with van der Waals surface area (Å²) in [6.45, 7) is 5.97. The molecule has 1 amide bonds. The van der Waals surface area contributed by atoms with Crippen LogP contribution < -0.4 is 19.5 Å². The van der Waals surface area contributed by atoms with Gasteiger partial charge in [0.1, 0.15) is 5.01 Å². The Kier molecular flexibility index (Phi) is 6.62. The molecule has 0 bridgehead atoms. The van der Waals surface area contributed by atoms with E-state index in [4.69, 9.17) is 19.2 Å². The molecule has 1 unspecified atom stereocenters. The van der Waals surface area contributed by atoms with E-state index in [1.807, 2.05) is 13.8 Å². The predicted octanol–water partition coefficient (Wildman–Crippen LogP) is 4.94. The number of thiazole rings is 1. The average Bonchev–Trinajstić information content (AvgIpc) is 3.14. The van der Waals surface area contributed by atoms with E-state index in [9.17, 15) is 4.79 Å². The molecular formula is C23H26N2O4S. The zero-order valence-corrected chi connectivity index (χ0v) is 18.8. The molecule has 0 radical (unpaired) electrons. The third-order valence-electron chi connectivity index (χ3n) is 4.82. The van der Waals surface area contributed by atoms with Gasteiger partial charge in [-0.25, -0.2) is 4.98 Å². The molecule has 0 spiro atoms. The lowest BCUT2D eigenvalue weighted by Crippen LogP contribution is -2.27. The Hall–Kier alpha value is -3.06. The van der Waals surface area contributed by atoms with Gasteiger partial charge in [0.25, 0.3) is 5.91 Å². The number of carbonyl (C=O) groups excluding carboxylic acids is 1. The van der Waals surface area contributed by atoms with Crippen LogP contribution in [0.2, 0.25) is 0 Å². The Morgan fingerprint density at radius 3 is 2.23 bits per heavy atom. The number of nitrogens with one attached hydrogen (secondary N) is 1. The summed E-state index contributed by atoms with van der Waals surface area (Å²) in [7, 11) is 4.55. The number of ether oxygens (including phenoxy) is 3. The van der Waals surface area contributed by atoms with Gasteiger partial charge in [-0.15, -0.1) is 11.3 Å². The molecule has 0 aliphatic heterocycles. The van der Waals surface area contributed by atoms with E-state index in [2.05, 4.69) is 36.5 Å². The van der Waals surface area contributed by atoms with E-state index >= 15 is 0 Å². The molecule has 1 aromatic heterocycles. The standard InChI is InChI=1S/C23H26N2O4S/c1-13-7-9-16(10-8-13)23-25-15(3)21(30-23)14(2)24-22(26)17-11-12-18(27-4)20(29-6)19(17)28-5/h7-12,14H,1-6H3,(H,24,26). The van der Waals surface area contributed by atoms with Gasteiger partial charge < -0.3 is 19.5 Å². The highest BCUT2D eigenvalue weighted by Gasteiger charge is 2.23. The number of methoxy groups -OCH3 is 3. The Morgan fingerprint density at radius 1 is 0.967 bits per heavy atom. The topological polar surface area (TPSA) is 69.7 Å². The molecule has 0 fully saturated rings. The van der Waals surface area contributed by atoms with Gasteiger partial charge >= 0.3 is 0 Å². The minimum Gasteiger partial charge on any atom is -0.493 e. The second-order valence-electron chi connectivity index (χ2n) is 6.91. The average molecular weight is 427 g/mol. The largest absolute Gasteiger partial charge is 0.493 e. The summed E-state index contributed by atoms with van der Waals surface area (Å²) >= 11 is 1.59.